The summed E-state index contributed by atoms with van der Waals surface area (Å²) in [6, 6.07) is 6.31. The molecule has 1 saturated carbocycles. The quantitative estimate of drug-likeness (QED) is 0.607. The zero-order valence-corrected chi connectivity index (χ0v) is 19.6. The first-order valence-electron chi connectivity index (χ1n) is 11.6. The van der Waals surface area contributed by atoms with E-state index in [0.29, 0.717) is 25.0 Å². The van der Waals surface area contributed by atoms with Crippen LogP contribution in [0.15, 0.2) is 23.4 Å². The van der Waals surface area contributed by atoms with Crippen LogP contribution in [0, 0.1) is 5.92 Å². The van der Waals surface area contributed by atoms with E-state index in [0.717, 1.165) is 54.1 Å². The highest BCUT2D eigenvalue weighted by Crippen LogP contribution is 2.41. The van der Waals surface area contributed by atoms with Gasteiger partial charge in [0.1, 0.15) is 13.2 Å². The molecule has 1 aromatic heterocycles. The summed E-state index contributed by atoms with van der Waals surface area (Å²) >= 11 is 1.48. The fraction of sp³-hybridized carbons (Fsp3) is 0.609. The number of nitrogens with one attached hydrogen (secondary N) is 1. The van der Waals surface area contributed by atoms with E-state index in [1.165, 1.54) is 24.6 Å². The molecule has 3 aliphatic rings. The van der Waals surface area contributed by atoms with Crippen LogP contribution < -0.4 is 19.7 Å². The van der Waals surface area contributed by atoms with Crippen molar-refractivity contribution < 1.29 is 14.3 Å². The second kappa shape index (κ2) is 9.21. The Balaban J connectivity index is 1.25. The van der Waals surface area contributed by atoms with Crippen molar-refractivity contribution in [3.8, 4) is 11.5 Å². The Morgan fingerprint density at radius 1 is 1.16 bits per heavy atom. The van der Waals surface area contributed by atoms with E-state index in [1.807, 2.05) is 18.2 Å². The summed E-state index contributed by atoms with van der Waals surface area (Å²) in [6.45, 7) is 7.43. The van der Waals surface area contributed by atoms with Crippen LogP contribution in [0.5, 0.6) is 11.5 Å². The standard InChI is InChI=1S/C23H31N5O3S/c1-15(2)21(16-5-8-18-19(13-16)31-12-11-30-18)24-20(29)14-32-23-26-25-22(27-9-3-4-10-27)28(23)17-6-7-17/h5,8,13,15,17,21H,3-4,6-7,9-12,14H2,1-2H3,(H,24,29)/t21-/m1/s1. The number of nitrogens with zero attached hydrogens (tertiary/aromatic N) is 4. The van der Waals surface area contributed by atoms with Crippen LogP contribution in [0.4, 0.5) is 5.95 Å². The first kappa shape index (κ1) is 21.4. The number of thioether (sulfide) groups is 1. The molecule has 0 radical (unpaired) electrons. The zero-order chi connectivity index (χ0) is 22.1. The van der Waals surface area contributed by atoms with E-state index >= 15 is 0 Å². The maximum atomic E-state index is 12.9. The van der Waals surface area contributed by atoms with Gasteiger partial charge in [-0.2, -0.15) is 0 Å². The highest BCUT2D eigenvalue weighted by Gasteiger charge is 2.32. The van der Waals surface area contributed by atoms with Gasteiger partial charge in [0.25, 0.3) is 0 Å². The zero-order valence-electron chi connectivity index (χ0n) is 18.7. The van der Waals surface area contributed by atoms with Crippen LogP contribution in [0.1, 0.15) is 57.2 Å². The monoisotopic (exact) mass is 457 g/mol. The van der Waals surface area contributed by atoms with Crippen molar-refractivity contribution in [1.82, 2.24) is 20.1 Å². The Kier molecular flexibility index (Phi) is 6.17. The summed E-state index contributed by atoms with van der Waals surface area (Å²) in [7, 11) is 0. The van der Waals surface area contributed by atoms with Crippen LogP contribution in [-0.2, 0) is 4.79 Å². The number of ether oxygens (including phenoxy) is 2. The molecule has 3 heterocycles. The number of benzene rings is 1. The molecule has 2 aromatic rings. The molecule has 32 heavy (non-hydrogen) atoms. The topological polar surface area (TPSA) is 81.5 Å². The fourth-order valence-corrected chi connectivity index (χ4v) is 5.20. The minimum Gasteiger partial charge on any atom is -0.486 e. The second-order valence-corrected chi connectivity index (χ2v) is 10.0. The molecule has 1 aromatic carbocycles. The Morgan fingerprint density at radius 3 is 2.62 bits per heavy atom. The van der Waals surface area contributed by atoms with Crippen molar-refractivity contribution in [1.29, 1.82) is 0 Å². The number of aromatic nitrogens is 3. The largest absolute Gasteiger partial charge is 0.486 e. The lowest BCUT2D eigenvalue weighted by Gasteiger charge is -2.25. The van der Waals surface area contributed by atoms with Crippen LogP contribution in [0.3, 0.4) is 0 Å². The minimum absolute atomic E-state index is 0.00309. The van der Waals surface area contributed by atoms with Gasteiger partial charge in [-0.25, -0.2) is 0 Å². The lowest BCUT2D eigenvalue weighted by atomic mass is 9.95. The van der Waals surface area contributed by atoms with E-state index in [-0.39, 0.29) is 17.9 Å². The smallest absolute Gasteiger partial charge is 0.230 e. The summed E-state index contributed by atoms with van der Waals surface area (Å²) < 4.78 is 13.6. The molecule has 2 aliphatic heterocycles. The molecule has 0 spiro atoms. The van der Waals surface area contributed by atoms with Gasteiger partial charge in [-0.1, -0.05) is 31.7 Å². The van der Waals surface area contributed by atoms with Gasteiger partial charge in [-0.3, -0.25) is 9.36 Å². The molecule has 8 nitrogen and oxygen atoms in total. The summed E-state index contributed by atoms with van der Waals surface area (Å²) in [5.41, 5.74) is 1.03. The molecule has 2 fully saturated rings. The van der Waals surface area contributed by atoms with Gasteiger partial charge in [0.05, 0.1) is 11.8 Å². The summed E-state index contributed by atoms with van der Waals surface area (Å²) in [5.74, 6) is 3.04. The average molecular weight is 458 g/mol. The molecule has 5 rings (SSSR count). The molecule has 1 saturated heterocycles. The molecule has 1 atom stereocenters. The van der Waals surface area contributed by atoms with Gasteiger partial charge < -0.3 is 19.7 Å². The predicted molar refractivity (Wildman–Crippen MR) is 124 cm³/mol. The summed E-state index contributed by atoms with van der Waals surface area (Å²) in [5, 5.41) is 13.0. The normalized spacial score (nSPS) is 18.8. The van der Waals surface area contributed by atoms with E-state index in [1.54, 1.807) is 0 Å². The number of hydrogen-bond donors (Lipinski definition) is 1. The van der Waals surface area contributed by atoms with Crippen molar-refractivity contribution in [2.45, 2.75) is 56.8 Å². The third kappa shape index (κ3) is 4.53. The molecule has 1 aliphatic carbocycles. The highest BCUT2D eigenvalue weighted by molar-refractivity contribution is 7.99. The van der Waals surface area contributed by atoms with E-state index in [4.69, 9.17) is 9.47 Å². The third-order valence-corrected chi connectivity index (χ3v) is 7.13. The van der Waals surface area contributed by atoms with Crippen molar-refractivity contribution in [2.24, 2.45) is 5.92 Å². The van der Waals surface area contributed by atoms with Gasteiger partial charge in [-0.05, 0) is 49.3 Å². The van der Waals surface area contributed by atoms with Gasteiger partial charge in [0.2, 0.25) is 11.9 Å². The maximum Gasteiger partial charge on any atom is 0.230 e. The van der Waals surface area contributed by atoms with Crippen LogP contribution in [-0.4, -0.2) is 52.7 Å². The molecule has 0 bridgehead atoms. The number of carbonyl (C=O) groups is 1. The number of amides is 1. The lowest BCUT2D eigenvalue weighted by molar-refractivity contribution is -0.119. The number of fused-ring (bicyclic) bond motifs is 1. The number of anilines is 1. The fourth-order valence-electron chi connectivity index (χ4n) is 4.39. The van der Waals surface area contributed by atoms with Crippen LogP contribution >= 0.6 is 11.8 Å². The second-order valence-electron chi connectivity index (χ2n) is 9.06. The lowest BCUT2D eigenvalue weighted by Crippen LogP contribution is -2.33. The Bertz CT molecular complexity index is 969. The third-order valence-electron chi connectivity index (χ3n) is 6.19. The molecule has 0 unspecified atom stereocenters. The molecule has 1 N–H and O–H groups in total. The summed E-state index contributed by atoms with van der Waals surface area (Å²) in [4.78, 5) is 15.2. The molecular formula is C23H31N5O3S. The van der Waals surface area contributed by atoms with E-state index in [9.17, 15) is 4.79 Å². The van der Waals surface area contributed by atoms with Crippen LogP contribution in [0.25, 0.3) is 0 Å². The Labute approximate surface area is 193 Å². The number of hydrogen-bond acceptors (Lipinski definition) is 7. The van der Waals surface area contributed by atoms with Crippen molar-refractivity contribution in [2.75, 3.05) is 37.0 Å². The molecular weight excluding hydrogens is 426 g/mol. The van der Waals surface area contributed by atoms with Crippen LogP contribution in [0.2, 0.25) is 0 Å². The maximum absolute atomic E-state index is 12.9. The van der Waals surface area contributed by atoms with Crippen molar-refractivity contribution in [3.05, 3.63) is 23.8 Å². The number of carbonyl (C=O) groups excluding carboxylic acids is 1. The van der Waals surface area contributed by atoms with Gasteiger partial charge in [0, 0.05) is 19.1 Å². The van der Waals surface area contributed by atoms with E-state index < -0.39 is 0 Å². The molecule has 1 amide bonds. The SMILES string of the molecule is CC(C)[C@@H](NC(=O)CSc1nnc(N2CCCC2)n1C1CC1)c1ccc2c(c1)OCCO2. The van der Waals surface area contributed by atoms with Gasteiger partial charge >= 0.3 is 0 Å². The van der Waals surface area contributed by atoms with Gasteiger partial charge in [0.15, 0.2) is 16.7 Å². The predicted octanol–water partition coefficient (Wildman–Crippen LogP) is 3.59. The summed E-state index contributed by atoms with van der Waals surface area (Å²) in [6.07, 6.45) is 4.74. The average Bonchev–Trinajstić information content (AvgIpc) is 3.31. The minimum atomic E-state index is -0.0969. The van der Waals surface area contributed by atoms with Crippen molar-refractivity contribution in [3.63, 3.8) is 0 Å². The first-order chi connectivity index (χ1) is 15.6. The van der Waals surface area contributed by atoms with Crippen molar-refractivity contribution >= 4 is 23.6 Å². The molecule has 9 heteroatoms. The Morgan fingerprint density at radius 2 is 1.91 bits per heavy atom. The van der Waals surface area contributed by atoms with E-state index in [2.05, 4.69) is 38.8 Å². The first-order valence-corrected chi connectivity index (χ1v) is 12.6. The Hall–Kier alpha value is -2.42. The molecule has 172 valence electrons. The van der Waals surface area contributed by atoms with Gasteiger partial charge in [-0.15, -0.1) is 10.2 Å². The number of rotatable bonds is 8. The highest BCUT2D eigenvalue weighted by atomic mass is 32.2.